The van der Waals surface area contributed by atoms with Gasteiger partial charge in [0.05, 0.1) is 25.9 Å². The highest BCUT2D eigenvalue weighted by Gasteiger charge is 2.28. The number of anilines is 2. The lowest BCUT2D eigenvalue weighted by Gasteiger charge is -2.30. The maximum atomic E-state index is 9.33. The molecule has 0 saturated carbocycles. The Morgan fingerprint density at radius 2 is 2.06 bits per heavy atom. The van der Waals surface area contributed by atoms with Gasteiger partial charge in [-0.1, -0.05) is 6.92 Å². The Kier molecular flexibility index (Phi) is 4.47. The fourth-order valence-corrected chi connectivity index (χ4v) is 1.37. The van der Waals surface area contributed by atoms with Crippen LogP contribution in [0.25, 0.3) is 0 Å². The van der Waals surface area contributed by atoms with E-state index in [4.69, 9.17) is 10.5 Å². The summed E-state index contributed by atoms with van der Waals surface area (Å²) in [6.45, 7) is 1.39. The van der Waals surface area contributed by atoms with E-state index in [-0.39, 0.29) is 19.0 Å². The number of aliphatic hydroxyl groups is 2. The SMILES string of the molecule is CCC(CO)(CO)Nc1ncnc(N)c1OC. The van der Waals surface area contributed by atoms with E-state index in [9.17, 15) is 10.2 Å². The third kappa shape index (κ3) is 2.75. The monoisotopic (exact) mass is 242 g/mol. The molecule has 1 aromatic heterocycles. The van der Waals surface area contributed by atoms with Crippen LogP contribution in [-0.2, 0) is 0 Å². The van der Waals surface area contributed by atoms with Crippen molar-refractivity contribution < 1.29 is 14.9 Å². The fourth-order valence-electron chi connectivity index (χ4n) is 1.37. The second kappa shape index (κ2) is 5.65. The number of methoxy groups -OCH3 is 1. The minimum absolute atomic E-state index is 0.200. The smallest absolute Gasteiger partial charge is 0.203 e. The third-order valence-electron chi connectivity index (χ3n) is 2.70. The van der Waals surface area contributed by atoms with Gasteiger partial charge in [-0.25, -0.2) is 9.97 Å². The van der Waals surface area contributed by atoms with Crippen LogP contribution in [0.5, 0.6) is 5.75 Å². The normalized spacial score (nSPS) is 11.3. The van der Waals surface area contributed by atoms with E-state index in [2.05, 4.69) is 15.3 Å². The van der Waals surface area contributed by atoms with Gasteiger partial charge in [-0.2, -0.15) is 0 Å². The summed E-state index contributed by atoms with van der Waals surface area (Å²) in [5.41, 5.74) is 4.78. The highest BCUT2D eigenvalue weighted by atomic mass is 16.5. The molecule has 7 nitrogen and oxygen atoms in total. The van der Waals surface area contributed by atoms with Crippen LogP contribution in [0.3, 0.4) is 0 Å². The van der Waals surface area contributed by atoms with Crippen molar-refractivity contribution in [3.8, 4) is 5.75 Å². The second-order valence-corrected chi connectivity index (χ2v) is 3.72. The number of rotatable bonds is 6. The second-order valence-electron chi connectivity index (χ2n) is 3.72. The first-order valence-corrected chi connectivity index (χ1v) is 5.26. The zero-order valence-corrected chi connectivity index (χ0v) is 9.97. The summed E-state index contributed by atoms with van der Waals surface area (Å²) < 4.78 is 5.08. The summed E-state index contributed by atoms with van der Waals surface area (Å²) in [7, 11) is 1.45. The van der Waals surface area contributed by atoms with E-state index in [0.29, 0.717) is 18.0 Å². The number of ether oxygens (including phenoxy) is 1. The summed E-state index contributed by atoms with van der Waals surface area (Å²) in [5.74, 6) is 0.850. The first-order valence-electron chi connectivity index (χ1n) is 5.26. The fraction of sp³-hybridized carbons (Fsp3) is 0.600. The Morgan fingerprint density at radius 3 is 2.53 bits per heavy atom. The first-order chi connectivity index (χ1) is 8.12. The van der Waals surface area contributed by atoms with Crippen molar-refractivity contribution in [2.24, 2.45) is 0 Å². The Morgan fingerprint density at radius 1 is 1.41 bits per heavy atom. The van der Waals surface area contributed by atoms with Gasteiger partial charge in [0, 0.05) is 0 Å². The molecule has 5 N–H and O–H groups in total. The van der Waals surface area contributed by atoms with Crippen LogP contribution in [0.15, 0.2) is 6.33 Å². The number of hydrogen-bond donors (Lipinski definition) is 4. The molecule has 7 heteroatoms. The molecule has 1 rings (SSSR count). The largest absolute Gasteiger partial charge is 0.490 e. The van der Waals surface area contributed by atoms with Crippen molar-refractivity contribution in [2.75, 3.05) is 31.4 Å². The molecule has 0 amide bonds. The molecular weight excluding hydrogens is 224 g/mol. The highest BCUT2D eigenvalue weighted by Crippen LogP contribution is 2.29. The van der Waals surface area contributed by atoms with E-state index < -0.39 is 5.54 Å². The van der Waals surface area contributed by atoms with Crippen LogP contribution < -0.4 is 15.8 Å². The van der Waals surface area contributed by atoms with Crippen molar-refractivity contribution in [1.29, 1.82) is 0 Å². The molecule has 0 aliphatic heterocycles. The van der Waals surface area contributed by atoms with E-state index in [1.165, 1.54) is 13.4 Å². The van der Waals surface area contributed by atoms with Crippen LogP contribution in [0.1, 0.15) is 13.3 Å². The van der Waals surface area contributed by atoms with E-state index in [1.54, 1.807) is 0 Å². The molecule has 0 aromatic carbocycles. The van der Waals surface area contributed by atoms with Crippen LogP contribution >= 0.6 is 0 Å². The predicted molar refractivity (Wildman–Crippen MR) is 63.8 cm³/mol. The van der Waals surface area contributed by atoms with Crippen molar-refractivity contribution >= 4 is 11.6 Å². The average Bonchev–Trinajstić information content (AvgIpc) is 2.36. The zero-order chi connectivity index (χ0) is 12.9. The molecular formula is C10H18N4O3. The quantitative estimate of drug-likeness (QED) is 0.537. The van der Waals surface area contributed by atoms with Crippen LogP contribution in [-0.4, -0.2) is 46.0 Å². The standard InChI is InChI=1S/C10H18N4O3/c1-3-10(4-15,5-16)14-9-7(17-2)8(11)12-6-13-9/h6,15-16H,3-5H2,1-2H3,(H3,11,12,13,14). The average molecular weight is 242 g/mol. The van der Waals surface area contributed by atoms with Crippen molar-refractivity contribution in [3.63, 3.8) is 0 Å². The summed E-state index contributed by atoms with van der Waals surface area (Å²) in [5, 5.41) is 21.6. The van der Waals surface area contributed by atoms with E-state index in [1.807, 2.05) is 6.92 Å². The molecule has 0 unspecified atom stereocenters. The van der Waals surface area contributed by atoms with Crippen molar-refractivity contribution in [1.82, 2.24) is 9.97 Å². The molecule has 1 aromatic rings. The number of nitrogens with zero attached hydrogens (tertiary/aromatic N) is 2. The minimum atomic E-state index is -0.853. The molecule has 0 fully saturated rings. The van der Waals surface area contributed by atoms with Gasteiger partial charge in [0.15, 0.2) is 11.6 Å². The Hall–Kier alpha value is -1.60. The van der Waals surface area contributed by atoms with Gasteiger partial charge in [0.2, 0.25) is 5.75 Å². The number of aliphatic hydroxyl groups excluding tert-OH is 2. The Labute approximate surface area is 99.7 Å². The zero-order valence-electron chi connectivity index (χ0n) is 9.97. The van der Waals surface area contributed by atoms with Gasteiger partial charge >= 0.3 is 0 Å². The van der Waals surface area contributed by atoms with Crippen LogP contribution in [0.2, 0.25) is 0 Å². The maximum absolute atomic E-state index is 9.33. The molecule has 0 aliphatic carbocycles. The molecule has 0 bridgehead atoms. The first kappa shape index (κ1) is 13.5. The number of nitrogen functional groups attached to an aromatic ring is 1. The molecule has 17 heavy (non-hydrogen) atoms. The lowest BCUT2D eigenvalue weighted by Crippen LogP contribution is -2.45. The van der Waals surface area contributed by atoms with Crippen LogP contribution in [0, 0.1) is 0 Å². The third-order valence-corrected chi connectivity index (χ3v) is 2.70. The number of nitrogens with two attached hydrogens (primary N) is 1. The molecule has 0 aliphatic rings. The van der Waals surface area contributed by atoms with E-state index in [0.717, 1.165) is 0 Å². The lowest BCUT2D eigenvalue weighted by molar-refractivity contribution is 0.132. The molecule has 0 spiro atoms. The number of aromatic nitrogens is 2. The van der Waals surface area contributed by atoms with Gasteiger partial charge < -0.3 is 26.0 Å². The van der Waals surface area contributed by atoms with Gasteiger partial charge in [-0.15, -0.1) is 0 Å². The minimum Gasteiger partial charge on any atom is -0.490 e. The summed E-state index contributed by atoms with van der Waals surface area (Å²) >= 11 is 0. The molecule has 0 atom stereocenters. The topological polar surface area (TPSA) is 114 Å². The predicted octanol–water partition coefficient (Wildman–Crippen LogP) is -0.387. The Bertz CT molecular complexity index is 360. The highest BCUT2D eigenvalue weighted by molar-refractivity contribution is 5.62. The van der Waals surface area contributed by atoms with Gasteiger partial charge in [-0.05, 0) is 6.42 Å². The lowest BCUT2D eigenvalue weighted by atomic mass is 9.98. The van der Waals surface area contributed by atoms with Crippen LogP contribution in [0.4, 0.5) is 11.6 Å². The molecule has 0 radical (unpaired) electrons. The molecule has 96 valence electrons. The number of hydrogen-bond acceptors (Lipinski definition) is 7. The summed E-state index contributed by atoms with van der Waals surface area (Å²) in [6.07, 6.45) is 1.81. The summed E-state index contributed by atoms with van der Waals surface area (Å²) in [6, 6.07) is 0. The maximum Gasteiger partial charge on any atom is 0.203 e. The molecule has 0 saturated heterocycles. The summed E-state index contributed by atoms with van der Waals surface area (Å²) in [4.78, 5) is 7.78. The van der Waals surface area contributed by atoms with Crippen molar-refractivity contribution in [2.45, 2.75) is 18.9 Å². The van der Waals surface area contributed by atoms with E-state index >= 15 is 0 Å². The van der Waals surface area contributed by atoms with Gasteiger partial charge in [-0.3, -0.25) is 0 Å². The number of nitrogens with one attached hydrogen (secondary N) is 1. The van der Waals surface area contributed by atoms with Gasteiger partial charge in [0.25, 0.3) is 0 Å². The van der Waals surface area contributed by atoms with Crippen molar-refractivity contribution in [3.05, 3.63) is 6.33 Å². The van der Waals surface area contributed by atoms with Gasteiger partial charge in [0.1, 0.15) is 6.33 Å². The molecule has 1 heterocycles. The Balaban J connectivity index is 3.05.